The fourth-order valence-electron chi connectivity index (χ4n) is 2.42. The van der Waals surface area contributed by atoms with Crippen LogP contribution in [-0.2, 0) is 21.0 Å². The molecule has 2 rings (SSSR count). The van der Waals surface area contributed by atoms with Crippen LogP contribution in [0, 0.1) is 11.3 Å². The lowest BCUT2D eigenvalue weighted by molar-refractivity contribution is -0.137. The van der Waals surface area contributed by atoms with Gasteiger partial charge in [-0.1, -0.05) is 0 Å². The number of piperazine rings is 1. The fourth-order valence-corrected chi connectivity index (χ4v) is 4.39. The Hall–Kier alpha value is -1.77. The van der Waals surface area contributed by atoms with Crippen LogP contribution in [-0.4, -0.2) is 61.2 Å². The van der Waals surface area contributed by atoms with E-state index in [1.54, 1.807) is 0 Å². The zero-order chi connectivity index (χ0) is 19.4. The molecule has 142 valence electrons. The summed E-state index contributed by atoms with van der Waals surface area (Å²) >= 11 is 1.19. The summed E-state index contributed by atoms with van der Waals surface area (Å²) in [6, 6.07) is 5.27. The topological polar surface area (TPSA) is 81.5 Å². The van der Waals surface area contributed by atoms with Crippen molar-refractivity contribution in [3.05, 3.63) is 29.8 Å². The van der Waals surface area contributed by atoms with Crippen molar-refractivity contribution in [2.24, 2.45) is 0 Å². The number of rotatable bonds is 5. The van der Waals surface area contributed by atoms with Crippen molar-refractivity contribution in [1.29, 1.82) is 5.26 Å². The molecule has 1 aromatic rings. The maximum absolute atomic E-state index is 12.6. The number of sulfonamides is 1. The van der Waals surface area contributed by atoms with Gasteiger partial charge in [-0.2, -0.15) is 22.7 Å². The highest BCUT2D eigenvalue weighted by Gasteiger charge is 2.33. The van der Waals surface area contributed by atoms with Crippen LogP contribution in [0.1, 0.15) is 5.56 Å². The molecule has 0 aliphatic carbocycles. The molecule has 1 aromatic carbocycles. The first kappa shape index (κ1) is 20.5. The average Bonchev–Trinajstić information content (AvgIpc) is 2.61. The third-order valence-corrected chi connectivity index (χ3v) is 6.50. The highest BCUT2D eigenvalue weighted by molar-refractivity contribution is 8.00. The molecule has 1 saturated heterocycles. The van der Waals surface area contributed by atoms with Crippen LogP contribution in [0.2, 0.25) is 0 Å². The van der Waals surface area contributed by atoms with Crippen LogP contribution in [0.5, 0.6) is 0 Å². The maximum Gasteiger partial charge on any atom is 0.416 e. The Kier molecular flexibility index (Phi) is 6.54. The van der Waals surface area contributed by atoms with Crippen LogP contribution >= 0.6 is 11.8 Å². The van der Waals surface area contributed by atoms with Gasteiger partial charge < -0.3 is 4.90 Å². The normalized spacial score (nSPS) is 16.3. The number of nitrogens with zero attached hydrogens (tertiary/aromatic N) is 3. The van der Waals surface area contributed by atoms with Gasteiger partial charge in [0.25, 0.3) is 0 Å². The van der Waals surface area contributed by atoms with Gasteiger partial charge in [0.1, 0.15) is 0 Å². The zero-order valence-corrected chi connectivity index (χ0v) is 15.2. The zero-order valence-electron chi connectivity index (χ0n) is 13.6. The number of carbonyl (C=O) groups excluding carboxylic acids is 1. The number of alkyl halides is 3. The summed E-state index contributed by atoms with van der Waals surface area (Å²) in [6.45, 7) is 0.535. The standard InChI is InChI=1S/C15H16F3N3O3S2/c16-15(17,18)12-1-3-13(4-2-12)26(23,24)21-8-6-20(7-9-21)14(22)11-25-10-5-19/h1-4H,6-11H2. The molecular formula is C15H16F3N3O3S2. The molecule has 0 spiro atoms. The number of amides is 1. The van der Waals surface area contributed by atoms with Gasteiger partial charge in [-0.3, -0.25) is 4.79 Å². The predicted octanol–water partition coefficient (Wildman–Crippen LogP) is 1.80. The van der Waals surface area contributed by atoms with Crippen molar-refractivity contribution in [3.8, 4) is 6.07 Å². The van der Waals surface area contributed by atoms with E-state index in [1.807, 2.05) is 6.07 Å². The molecule has 1 fully saturated rings. The summed E-state index contributed by atoms with van der Waals surface area (Å²) in [4.78, 5) is 13.3. The van der Waals surface area contributed by atoms with Crippen molar-refractivity contribution in [2.75, 3.05) is 37.7 Å². The Bertz CT molecular complexity index is 781. The molecular weight excluding hydrogens is 391 g/mol. The fraction of sp³-hybridized carbons (Fsp3) is 0.467. The summed E-state index contributed by atoms with van der Waals surface area (Å²) in [7, 11) is -3.91. The van der Waals surface area contributed by atoms with Crippen molar-refractivity contribution in [2.45, 2.75) is 11.1 Å². The largest absolute Gasteiger partial charge is 0.416 e. The lowest BCUT2D eigenvalue weighted by atomic mass is 10.2. The minimum absolute atomic E-state index is 0.0675. The van der Waals surface area contributed by atoms with Crippen molar-refractivity contribution >= 4 is 27.7 Å². The number of carbonyl (C=O) groups is 1. The molecule has 11 heteroatoms. The molecule has 0 aromatic heterocycles. The number of halogens is 3. The van der Waals surface area contributed by atoms with E-state index in [1.165, 1.54) is 16.7 Å². The molecule has 1 heterocycles. The van der Waals surface area contributed by atoms with Gasteiger partial charge in [0.05, 0.1) is 28.0 Å². The summed E-state index contributed by atoms with van der Waals surface area (Å²) in [5.41, 5.74) is -0.915. The molecule has 1 aliphatic rings. The molecule has 0 saturated carbocycles. The van der Waals surface area contributed by atoms with Gasteiger partial charge in [0.2, 0.25) is 15.9 Å². The Balaban J connectivity index is 1.99. The highest BCUT2D eigenvalue weighted by Crippen LogP contribution is 2.30. The van der Waals surface area contributed by atoms with E-state index in [9.17, 15) is 26.4 Å². The lowest BCUT2D eigenvalue weighted by Gasteiger charge is -2.34. The van der Waals surface area contributed by atoms with E-state index in [0.717, 1.165) is 28.6 Å². The second kappa shape index (κ2) is 8.28. The van der Waals surface area contributed by atoms with Crippen LogP contribution < -0.4 is 0 Å². The van der Waals surface area contributed by atoms with Crippen LogP contribution in [0.25, 0.3) is 0 Å². The van der Waals surface area contributed by atoms with E-state index >= 15 is 0 Å². The summed E-state index contributed by atoms with van der Waals surface area (Å²) in [6.07, 6.45) is -4.53. The first-order valence-corrected chi connectivity index (χ1v) is 10.2. The van der Waals surface area contributed by atoms with Gasteiger partial charge in [-0.15, -0.1) is 11.8 Å². The number of nitriles is 1. The Morgan fingerprint density at radius 3 is 2.23 bits per heavy atom. The molecule has 1 amide bonds. The van der Waals surface area contributed by atoms with Gasteiger partial charge in [0.15, 0.2) is 0 Å². The second-order valence-corrected chi connectivity index (χ2v) is 8.38. The first-order chi connectivity index (χ1) is 12.2. The molecule has 0 atom stereocenters. The summed E-state index contributed by atoms with van der Waals surface area (Å²) in [5.74, 6) is 0.185. The molecule has 0 radical (unpaired) electrons. The van der Waals surface area contributed by atoms with E-state index in [0.29, 0.717) is 0 Å². The number of hydrogen-bond donors (Lipinski definition) is 0. The second-order valence-electron chi connectivity index (χ2n) is 5.46. The van der Waals surface area contributed by atoms with Crippen molar-refractivity contribution in [1.82, 2.24) is 9.21 Å². The third kappa shape index (κ3) is 4.90. The van der Waals surface area contributed by atoms with E-state index in [2.05, 4.69) is 0 Å². The SMILES string of the molecule is N#CCSCC(=O)N1CCN(S(=O)(=O)c2ccc(C(F)(F)F)cc2)CC1. The smallest absolute Gasteiger partial charge is 0.339 e. The van der Waals surface area contributed by atoms with E-state index in [-0.39, 0.29) is 48.5 Å². The van der Waals surface area contributed by atoms with Crippen LogP contribution in [0.3, 0.4) is 0 Å². The Labute approximate surface area is 153 Å². The van der Waals surface area contributed by atoms with E-state index < -0.39 is 21.8 Å². The van der Waals surface area contributed by atoms with Gasteiger partial charge >= 0.3 is 6.18 Å². The monoisotopic (exact) mass is 407 g/mol. The molecule has 0 N–H and O–H groups in total. The number of thioether (sulfide) groups is 1. The Morgan fingerprint density at radius 1 is 1.15 bits per heavy atom. The molecule has 1 aliphatic heterocycles. The average molecular weight is 407 g/mol. The molecule has 0 unspecified atom stereocenters. The minimum atomic E-state index is -4.53. The van der Waals surface area contributed by atoms with Crippen molar-refractivity contribution in [3.63, 3.8) is 0 Å². The van der Waals surface area contributed by atoms with Crippen molar-refractivity contribution < 1.29 is 26.4 Å². The molecule has 0 bridgehead atoms. The maximum atomic E-state index is 12.6. The van der Waals surface area contributed by atoms with Gasteiger partial charge in [-0.25, -0.2) is 8.42 Å². The third-order valence-electron chi connectivity index (χ3n) is 3.80. The quantitative estimate of drug-likeness (QED) is 0.696. The van der Waals surface area contributed by atoms with Gasteiger partial charge in [0, 0.05) is 26.2 Å². The van der Waals surface area contributed by atoms with Gasteiger partial charge in [-0.05, 0) is 24.3 Å². The number of hydrogen-bond acceptors (Lipinski definition) is 5. The minimum Gasteiger partial charge on any atom is -0.339 e. The lowest BCUT2D eigenvalue weighted by Crippen LogP contribution is -2.51. The van der Waals surface area contributed by atoms with Crippen LogP contribution in [0.4, 0.5) is 13.2 Å². The Morgan fingerprint density at radius 2 is 1.73 bits per heavy atom. The summed E-state index contributed by atoms with van der Waals surface area (Å²) in [5, 5.41) is 8.45. The predicted molar refractivity (Wildman–Crippen MR) is 89.7 cm³/mol. The number of benzene rings is 1. The summed E-state index contributed by atoms with van der Waals surface area (Å²) < 4.78 is 64.0. The highest BCUT2D eigenvalue weighted by atomic mass is 32.2. The first-order valence-electron chi connectivity index (χ1n) is 7.56. The molecule has 26 heavy (non-hydrogen) atoms. The van der Waals surface area contributed by atoms with Crippen LogP contribution in [0.15, 0.2) is 29.2 Å². The van der Waals surface area contributed by atoms with E-state index in [4.69, 9.17) is 5.26 Å². The molecule has 6 nitrogen and oxygen atoms in total.